The van der Waals surface area contributed by atoms with E-state index in [2.05, 4.69) is 47.8 Å². The third kappa shape index (κ3) is 2.81. The summed E-state index contributed by atoms with van der Waals surface area (Å²) in [6.07, 6.45) is 1.00. The minimum absolute atomic E-state index is 0.206. The van der Waals surface area contributed by atoms with Crippen molar-refractivity contribution in [2.24, 2.45) is 0 Å². The zero-order chi connectivity index (χ0) is 11.2. The van der Waals surface area contributed by atoms with Gasteiger partial charge in [0.2, 0.25) is 0 Å². The first-order valence-electron chi connectivity index (χ1n) is 5.69. The normalized spacial score (nSPS) is 10.8. The van der Waals surface area contributed by atoms with Crippen LogP contribution in [0, 0.1) is 0 Å². The molecule has 84 valence electrons. The molecule has 0 atom stereocenters. The summed E-state index contributed by atoms with van der Waals surface area (Å²) in [4.78, 5) is 0. The van der Waals surface area contributed by atoms with Crippen LogP contribution in [0.3, 0.4) is 0 Å². The average Bonchev–Trinajstić information content (AvgIpc) is 2.34. The summed E-state index contributed by atoms with van der Waals surface area (Å²) >= 11 is 0. The van der Waals surface area contributed by atoms with Crippen LogP contribution in [0.25, 0.3) is 10.8 Å². The summed E-state index contributed by atoms with van der Waals surface area (Å²) in [5, 5.41) is 14.4. The van der Waals surface area contributed by atoms with Gasteiger partial charge in [0.25, 0.3) is 0 Å². The molecule has 0 fully saturated rings. The second-order valence-electron chi connectivity index (χ2n) is 3.91. The van der Waals surface area contributed by atoms with Gasteiger partial charge in [0.15, 0.2) is 0 Å². The zero-order valence-corrected chi connectivity index (χ0v) is 9.32. The number of hydrogen-bond acceptors (Lipinski definition) is 2. The second kappa shape index (κ2) is 5.64. The Morgan fingerprint density at radius 1 is 0.938 bits per heavy atom. The minimum Gasteiger partial charge on any atom is -0.395 e. The quantitative estimate of drug-likeness (QED) is 0.747. The maximum Gasteiger partial charge on any atom is 0.0555 e. The Morgan fingerprint density at radius 3 is 2.56 bits per heavy atom. The number of nitrogens with one attached hydrogen (secondary N) is 1. The molecule has 2 aromatic carbocycles. The summed E-state index contributed by atoms with van der Waals surface area (Å²) in [5.41, 5.74) is 1.34. The van der Waals surface area contributed by atoms with Crippen molar-refractivity contribution in [1.82, 2.24) is 5.32 Å². The maximum atomic E-state index is 8.64. The van der Waals surface area contributed by atoms with E-state index >= 15 is 0 Å². The summed E-state index contributed by atoms with van der Waals surface area (Å²) in [7, 11) is 0. The number of rotatable bonds is 5. The Morgan fingerprint density at radius 2 is 1.75 bits per heavy atom. The lowest BCUT2D eigenvalue weighted by atomic mass is 10.1. The summed E-state index contributed by atoms with van der Waals surface area (Å²) in [6, 6.07) is 15.0. The third-order valence-electron chi connectivity index (χ3n) is 2.69. The van der Waals surface area contributed by atoms with E-state index in [4.69, 9.17) is 5.11 Å². The molecule has 0 saturated heterocycles. The van der Waals surface area contributed by atoms with E-state index in [1.54, 1.807) is 0 Å². The number of aliphatic hydroxyl groups is 1. The molecule has 0 unspecified atom stereocenters. The van der Waals surface area contributed by atoms with Crippen LogP contribution < -0.4 is 5.32 Å². The standard InChI is InChI=1S/C14H17NO/c16-10-9-15-8-7-12-5-6-13-3-1-2-4-14(13)11-12/h1-6,11,15-16H,7-10H2. The average molecular weight is 215 g/mol. The monoisotopic (exact) mass is 215 g/mol. The summed E-state index contributed by atoms with van der Waals surface area (Å²) < 4.78 is 0. The molecule has 0 aliphatic heterocycles. The topological polar surface area (TPSA) is 32.3 Å². The molecule has 0 radical (unpaired) electrons. The highest BCUT2D eigenvalue weighted by Gasteiger charge is 1.95. The molecule has 0 heterocycles. The van der Waals surface area contributed by atoms with Crippen LogP contribution in [-0.4, -0.2) is 24.8 Å². The Hall–Kier alpha value is -1.38. The van der Waals surface area contributed by atoms with Gasteiger partial charge in [-0.3, -0.25) is 0 Å². The predicted molar refractivity (Wildman–Crippen MR) is 67.6 cm³/mol. The van der Waals surface area contributed by atoms with Crippen molar-refractivity contribution >= 4 is 10.8 Å². The highest BCUT2D eigenvalue weighted by atomic mass is 16.3. The van der Waals surface area contributed by atoms with Crippen LogP contribution in [-0.2, 0) is 6.42 Å². The van der Waals surface area contributed by atoms with Gasteiger partial charge in [0.1, 0.15) is 0 Å². The molecule has 0 aliphatic carbocycles. The smallest absolute Gasteiger partial charge is 0.0555 e. The SMILES string of the molecule is OCCNCCc1ccc2ccccc2c1. The molecule has 2 aromatic rings. The van der Waals surface area contributed by atoms with Gasteiger partial charge in [0, 0.05) is 6.54 Å². The van der Waals surface area contributed by atoms with Gasteiger partial charge in [0.05, 0.1) is 6.61 Å². The van der Waals surface area contributed by atoms with Gasteiger partial charge in [-0.05, 0) is 29.3 Å². The van der Waals surface area contributed by atoms with Crippen molar-refractivity contribution in [3.05, 3.63) is 48.0 Å². The molecule has 2 N–H and O–H groups in total. The molecule has 2 rings (SSSR count). The van der Waals surface area contributed by atoms with E-state index in [1.807, 2.05) is 0 Å². The number of fused-ring (bicyclic) bond motifs is 1. The van der Waals surface area contributed by atoms with Crippen LogP contribution >= 0.6 is 0 Å². The maximum absolute atomic E-state index is 8.64. The molecule has 0 amide bonds. The minimum atomic E-state index is 0.206. The van der Waals surface area contributed by atoms with Crippen LogP contribution in [0.5, 0.6) is 0 Å². The summed E-state index contributed by atoms with van der Waals surface area (Å²) in [5.74, 6) is 0. The van der Waals surface area contributed by atoms with E-state index < -0.39 is 0 Å². The van der Waals surface area contributed by atoms with Crippen molar-refractivity contribution in [3.63, 3.8) is 0 Å². The molecular formula is C14H17NO. The molecule has 0 saturated carbocycles. The molecule has 0 aromatic heterocycles. The molecule has 16 heavy (non-hydrogen) atoms. The Labute approximate surface area is 95.9 Å². The van der Waals surface area contributed by atoms with E-state index in [9.17, 15) is 0 Å². The zero-order valence-electron chi connectivity index (χ0n) is 9.32. The van der Waals surface area contributed by atoms with Gasteiger partial charge < -0.3 is 10.4 Å². The van der Waals surface area contributed by atoms with Crippen molar-refractivity contribution in [2.75, 3.05) is 19.7 Å². The highest BCUT2D eigenvalue weighted by Crippen LogP contribution is 2.15. The van der Waals surface area contributed by atoms with Gasteiger partial charge >= 0.3 is 0 Å². The number of aliphatic hydroxyl groups excluding tert-OH is 1. The fourth-order valence-corrected chi connectivity index (χ4v) is 1.83. The molecule has 2 heteroatoms. The molecular weight excluding hydrogens is 198 g/mol. The fraction of sp³-hybridized carbons (Fsp3) is 0.286. The second-order valence-corrected chi connectivity index (χ2v) is 3.91. The molecule has 0 aliphatic rings. The third-order valence-corrected chi connectivity index (χ3v) is 2.69. The molecule has 0 bridgehead atoms. The highest BCUT2D eigenvalue weighted by molar-refractivity contribution is 5.82. The lowest BCUT2D eigenvalue weighted by molar-refractivity contribution is 0.293. The van der Waals surface area contributed by atoms with Gasteiger partial charge in [-0.15, -0.1) is 0 Å². The fourth-order valence-electron chi connectivity index (χ4n) is 1.83. The van der Waals surface area contributed by atoms with Crippen molar-refractivity contribution in [2.45, 2.75) is 6.42 Å². The Kier molecular flexibility index (Phi) is 3.91. The lowest BCUT2D eigenvalue weighted by Gasteiger charge is -2.04. The van der Waals surface area contributed by atoms with E-state index in [0.29, 0.717) is 6.54 Å². The predicted octanol–water partition coefficient (Wildman–Crippen LogP) is 1.96. The molecule has 2 nitrogen and oxygen atoms in total. The van der Waals surface area contributed by atoms with Gasteiger partial charge in [-0.1, -0.05) is 42.5 Å². The van der Waals surface area contributed by atoms with Gasteiger partial charge in [-0.2, -0.15) is 0 Å². The van der Waals surface area contributed by atoms with Crippen LogP contribution in [0.2, 0.25) is 0 Å². The van der Waals surface area contributed by atoms with E-state index in [0.717, 1.165) is 13.0 Å². The van der Waals surface area contributed by atoms with E-state index in [-0.39, 0.29) is 6.61 Å². The van der Waals surface area contributed by atoms with Gasteiger partial charge in [-0.25, -0.2) is 0 Å². The Bertz CT molecular complexity index is 453. The largest absolute Gasteiger partial charge is 0.395 e. The van der Waals surface area contributed by atoms with E-state index in [1.165, 1.54) is 16.3 Å². The van der Waals surface area contributed by atoms with Crippen molar-refractivity contribution < 1.29 is 5.11 Å². The van der Waals surface area contributed by atoms with Crippen molar-refractivity contribution in [1.29, 1.82) is 0 Å². The molecule has 0 spiro atoms. The first-order valence-corrected chi connectivity index (χ1v) is 5.69. The number of hydrogen-bond donors (Lipinski definition) is 2. The van der Waals surface area contributed by atoms with Crippen LogP contribution in [0.1, 0.15) is 5.56 Å². The summed E-state index contributed by atoms with van der Waals surface area (Å²) in [6.45, 7) is 1.80. The van der Waals surface area contributed by atoms with Crippen LogP contribution in [0.15, 0.2) is 42.5 Å². The number of benzene rings is 2. The van der Waals surface area contributed by atoms with Crippen LogP contribution in [0.4, 0.5) is 0 Å². The first kappa shape index (κ1) is 11.1. The van der Waals surface area contributed by atoms with Crippen molar-refractivity contribution in [3.8, 4) is 0 Å². The lowest BCUT2D eigenvalue weighted by Crippen LogP contribution is -2.20. The first-order chi connectivity index (χ1) is 7.90. The Balaban J connectivity index is 2.02.